The molecule has 1 aromatic rings. The standard InChI is InChI=1S/C14H18Cl2N2O/c1-8(2)7-18-12-6-10(16)9(15)5-11(12)17-14(3,4)13(18)19/h5-6,8,17H,7H2,1-4H3. The number of nitrogens with zero attached hydrogens (tertiary/aromatic N) is 1. The van der Waals surface area contributed by atoms with E-state index >= 15 is 0 Å². The maximum atomic E-state index is 12.5. The molecule has 0 radical (unpaired) electrons. The number of carbonyl (C=O) groups excluding carboxylic acids is 1. The van der Waals surface area contributed by atoms with Crippen molar-refractivity contribution in [3.8, 4) is 0 Å². The Morgan fingerprint density at radius 1 is 1.26 bits per heavy atom. The van der Waals surface area contributed by atoms with E-state index in [2.05, 4.69) is 19.2 Å². The molecule has 3 nitrogen and oxygen atoms in total. The second kappa shape index (κ2) is 4.88. The third kappa shape index (κ3) is 2.67. The van der Waals surface area contributed by atoms with Gasteiger partial charge in [-0.3, -0.25) is 4.79 Å². The first-order valence-electron chi connectivity index (χ1n) is 6.31. The lowest BCUT2D eigenvalue weighted by Gasteiger charge is -2.40. The van der Waals surface area contributed by atoms with Crippen LogP contribution in [0.4, 0.5) is 11.4 Å². The molecule has 104 valence electrons. The van der Waals surface area contributed by atoms with E-state index in [1.807, 2.05) is 13.8 Å². The normalized spacial score (nSPS) is 17.4. The Morgan fingerprint density at radius 2 is 1.84 bits per heavy atom. The number of rotatable bonds is 2. The van der Waals surface area contributed by atoms with E-state index in [0.717, 1.165) is 11.4 Å². The van der Waals surface area contributed by atoms with Crippen LogP contribution in [-0.4, -0.2) is 18.0 Å². The number of anilines is 2. The maximum absolute atomic E-state index is 12.5. The second-order valence-electron chi connectivity index (χ2n) is 5.84. The molecule has 0 aliphatic carbocycles. The summed E-state index contributed by atoms with van der Waals surface area (Å²) in [6.45, 7) is 8.57. The molecule has 0 bridgehead atoms. The number of amides is 1. The highest BCUT2D eigenvalue weighted by Crippen LogP contribution is 2.40. The largest absolute Gasteiger partial charge is 0.370 e. The lowest BCUT2D eigenvalue weighted by molar-refractivity contribution is -0.122. The van der Waals surface area contributed by atoms with Crippen LogP contribution in [0.1, 0.15) is 27.7 Å². The minimum absolute atomic E-state index is 0.0482. The van der Waals surface area contributed by atoms with Crippen molar-refractivity contribution >= 4 is 40.5 Å². The monoisotopic (exact) mass is 300 g/mol. The van der Waals surface area contributed by atoms with Crippen LogP contribution in [0.3, 0.4) is 0 Å². The molecule has 1 aromatic carbocycles. The molecular weight excluding hydrogens is 283 g/mol. The number of hydrogen-bond acceptors (Lipinski definition) is 2. The predicted molar refractivity (Wildman–Crippen MR) is 81.4 cm³/mol. The zero-order chi connectivity index (χ0) is 14.4. The summed E-state index contributed by atoms with van der Waals surface area (Å²) in [4.78, 5) is 14.3. The molecule has 1 heterocycles. The molecule has 0 aromatic heterocycles. The fourth-order valence-corrected chi connectivity index (χ4v) is 2.56. The molecule has 0 spiro atoms. The van der Waals surface area contributed by atoms with Gasteiger partial charge in [-0.2, -0.15) is 0 Å². The van der Waals surface area contributed by atoms with Gasteiger partial charge in [0.1, 0.15) is 5.54 Å². The van der Waals surface area contributed by atoms with E-state index in [0.29, 0.717) is 22.5 Å². The molecule has 0 atom stereocenters. The van der Waals surface area contributed by atoms with Crippen molar-refractivity contribution in [2.45, 2.75) is 33.2 Å². The van der Waals surface area contributed by atoms with Crippen LogP contribution in [0.25, 0.3) is 0 Å². The average Bonchev–Trinajstić information content (AvgIpc) is 2.27. The van der Waals surface area contributed by atoms with E-state index < -0.39 is 5.54 Å². The topological polar surface area (TPSA) is 32.3 Å². The van der Waals surface area contributed by atoms with Crippen molar-refractivity contribution in [3.63, 3.8) is 0 Å². The summed E-state index contributed by atoms with van der Waals surface area (Å²) in [5, 5.41) is 4.17. The summed E-state index contributed by atoms with van der Waals surface area (Å²) in [6, 6.07) is 3.53. The molecule has 0 fully saturated rings. The Bertz CT molecular complexity index is 526. The zero-order valence-corrected chi connectivity index (χ0v) is 13.1. The Balaban J connectivity index is 2.55. The lowest BCUT2D eigenvalue weighted by Crippen LogP contribution is -2.54. The summed E-state index contributed by atoms with van der Waals surface area (Å²) in [5.41, 5.74) is 1.01. The number of fused-ring (bicyclic) bond motifs is 1. The van der Waals surface area contributed by atoms with E-state index in [1.54, 1.807) is 17.0 Å². The number of benzene rings is 1. The number of halogens is 2. The third-order valence-corrected chi connectivity index (χ3v) is 3.83. The average molecular weight is 301 g/mol. The SMILES string of the molecule is CC(C)CN1C(=O)C(C)(C)Nc2cc(Cl)c(Cl)cc21. The number of hydrogen-bond donors (Lipinski definition) is 1. The molecule has 0 unspecified atom stereocenters. The van der Waals surface area contributed by atoms with Gasteiger partial charge in [-0.1, -0.05) is 37.0 Å². The summed E-state index contributed by atoms with van der Waals surface area (Å²) >= 11 is 12.1. The van der Waals surface area contributed by atoms with Crippen LogP contribution in [0, 0.1) is 5.92 Å². The van der Waals surface area contributed by atoms with Gasteiger partial charge in [0.2, 0.25) is 0 Å². The van der Waals surface area contributed by atoms with Crippen molar-refractivity contribution in [2.75, 3.05) is 16.8 Å². The van der Waals surface area contributed by atoms with Crippen LogP contribution in [0.2, 0.25) is 10.0 Å². The highest BCUT2D eigenvalue weighted by Gasteiger charge is 2.39. The first-order valence-corrected chi connectivity index (χ1v) is 7.07. The van der Waals surface area contributed by atoms with Gasteiger partial charge >= 0.3 is 0 Å². The van der Waals surface area contributed by atoms with E-state index in [9.17, 15) is 4.79 Å². The van der Waals surface area contributed by atoms with Crippen LogP contribution >= 0.6 is 23.2 Å². The van der Waals surface area contributed by atoms with E-state index in [-0.39, 0.29) is 5.91 Å². The number of nitrogens with one attached hydrogen (secondary N) is 1. The smallest absolute Gasteiger partial charge is 0.252 e. The van der Waals surface area contributed by atoms with Crippen molar-refractivity contribution in [1.29, 1.82) is 0 Å². The molecule has 1 N–H and O–H groups in total. The molecule has 5 heteroatoms. The van der Waals surface area contributed by atoms with Gasteiger partial charge in [0.25, 0.3) is 5.91 Å². The first-order chi connectivity index (χ1) is 8.72. The Hall–Kier alpha value is -0.930. The van der Waals surface area contributed by atoms with Crippen molar-refractivity contribution in [3.05, 3.63) is 22.2 Å². The van der Waals surface area contributed by atoms with Gasteiger partial charge in [-0.05, 0) is 31.9 Å². The van der Waals surface area contributed by atoms with Gasteiger partial charge < -0.3 is 10.2 Å². The van der Waals surface area contributed by atoms with Gasteiger partial charge in [-0.25, -0.2) is 0 Å². The first kappa shape index (κ1) is 14.5. The Morgan fingerprint density at radius 3 is 2.42 bits per heavy atom. The molecule has 0 saturated carbocycles. The van der Waals surface area contributed by atoms with Crippen molar-refractivity contribution < 1.29 is 4.79 Å². The summed E-state index contributed by atoms with van der Waals surface area (Å²) < 4.78 is 0. The van der Waals surface area contributed by atoms with Crippen LogP contribution < -0.4 is 10.2 Å². The summed E-state index contributed by atoms with van der Waals surface area (Å²) in [6.07, 6.45) is 0. The minimum atomic E-state index is -0.640. The Kier molecular flexibility index (Phi) is 3.72. The van der Waals surface area contributed by atoms with Gasteiger partial charge in [-0.15, -0.1) is 0 Å². The molecule has 1 aliphatic rings. The van der Waals surface area contributed by atoms with Crippen molar-refractivity contribution in [1.82, 2.24) is 0 Å². The molecule has 1 amide bonds. The quantitative estimate of drug-likeness (QED) is 0.888. The summed E-state index contributed by atoms with van der Waals surface area (Å²) in [5.74, 6) is 0.423. The van der Waals surface area contributed by atoms with Crippen LogP contribution in [0.5, 0.6) is 0 Å². The molecular formula is C14H18Cl2N2O. The predicted octanol–water partition coefficient (Wildman–Crippen LogP) is 4.19. The van der Waals surface area contributed by atoms with E-state index in [4.69, 9.17) is 23.2 Å². The second-order valence-corrected chi connectivity index (χ2v) is 6.66. The highest BCUT2D eigenvalue weighted by atomic mass is 35.5. The van der Waals surface area contributed by atoms with Crippen molar-refractivity contribution in [2.24, 2.45) is 5.92 Å². The van der Waals surface area contributed by atoms with Crippen LogP contribution in [-0.2, 0) is 4.79 Å². The number of carbonyl (C=O) groups is 1. The fraction of sp³-hybridized carbons (Fsp3) is 0.500. The van der Waals surface area contributed by atoms with Gasteiger partial charge in [0.05, 0.1) is 21.4 Å². The summed E-state index contributed by atoms with van der Waals surface area (Å²) in [7, 11) is 0. The third-order valence-electron chi connectivity index (χ3n) is 3.10. The zero-order valence-electron chi connectivity index (χ0n) is 11.6. The molecule has 2 rings (SSSR count). The molecule has 0 saturated heterocycles. The molecule has 1 aliphatic heterocycles. The maximum Gasteiger partial charge on any atom is 0.252 e. The van der Waals surface area contributed by atoms with Crippen LogP contribution in [0.15, 0.2) is 12.1 Å². The Labute approximate surface area is 123 Å². The molecule has 19 heavy (non-hydrogen) atoms. The minimum Gasteiger partial charge on any atom is -0.370 e. The fourth-order valence-electron chi connectivity index (χ4n) is 2.24. The lowest BCUT2D eigenvalue weighted by atomic mass is 9.97. The van der Waals surface area contributed by atoms with Gasteiger partial charge in [0.15, 0.2) is 0 Å². The van der Waals surface area contributed by atoms with E-state index in [1.165, 1.54) is 0 Å². The highest BCUT2D eigenvalue weighted by molar-refractivity contribution is 6.42. The van der Waals surface area contributed by atoms with Gasteiger partial charge in [0, 0.05) is 6.54 Å².